The maximum atomic E-state index is 12.6. The van der Waals surface area contributed by atoms with E-state index in [4.69, 9.17) is 4.74 Å². The number of nitrogens with zero attached hydrogens (tertiary/aromatic N) is 2. The largest absolute Gasteiger partial charge is 0.497 e. The van der Waals surface area contributed by atoms with Crippen molar-refractivity contribution >= 4 is 11.5 Å². The Bertz CT molecular complexity index is 432. The zero-order chi connectivity index (χ0) is 11.7. The standard InChI is InChI=1S/C11H12F2N2O/c1-15-6-7-3-4-8(16-2)5-9(7)14-11(15)10(12)13/h3-5,10H,6H2,1-2H3. The van der Waals surface area contributed by atoms with Gasteiger partial charge in [-0.2, -0.15) is 0 Å². The summed E-state index contributed by atoms with van der Waals surface area (Å²) in [6.07, 6.45) is -2.55. The lowest BCUT2D eigenvalue weighted by Gasteiger charge is -2.26. The molecule has 0 spiro atoms. The molecule has 0 bridgehead atoms. The van der Waals surface area contributed by atoms with Gasteiger partial charge in [0.25, 0.3) is 6.43 Å². The molecule has 0 fully saturated rings. The summed E-state index contributed by atoms with van der Waals surface area (Å²) in [4.78, 5) is 5.40. The summed E-state index contributed by atoms with van der Waals surface area (Å²) in [6, 6.07) is 5.32. The van der Waals surface area contributed by atoms with Gasteiger partial charge in [-0.3, -0.25) is 0 Å². The minimum atomic E-state index is -2.55. The van der Waals surface area contributed by atoms with Crippen LogP contribution in [-0.4, -0.2) is 31.3 Å². The van der Waals surface area contributed by atoms with Crippen molar-refractivity contribution in [2.45, 2.75) is 13.0 Å². The van der Waals surface area contributed by atoms with Gasteiger partial charge in [0, 0.05) is 19.7 Å². The van der Waals surface area contributed by atoms with Gasteiger partial charge in [-0.25, -0.2) is 13.8 Å². The number of amidine groups is 1. The molecule has 2 rings (SSSR count). The van der Waals surface area contributed by atoms with E-state index >= 15 is 0 Å². The van der Waals surface area contributed by atoms with E-state index in [2.05, 4.69) is 4.99 Å². The average Bonchev–Trinajstić information content (AvgIpc) is 2.27. The molecule has 0 aliphatic carbocycles. The number of rotatable bonds is 2. The van der Waals surface area contributed by atoms with E-state index in [0.717, 1.165) is 5.56 Å². The second-order valence-corrected chi connectivity index (χ2v) is 3.62. The van der Waals surface area contributed by atoms with Crippen LogP contribution < -0.4 is 4.74 Å². The Balaban J connectivity index is 2.44. The molecule has 0 atom stereocenters. The highest BCUT2D eigenvalue weighted by molar-refractivity contribution is 5.89. The van der Waals surface area contributed by atoms with Gasteiger partial charge >= 0.3 is 0 Å². The minimum Gasteiger partial charge on any atom is -0.497 e. The first-order valence-corrected chi connectivity index (χ1v) is 4.86. The molecule has 1 aromatic carbocycles. The van der Waals surface area contributed by atoms with E-state index in [1.54, 1.807) is 19.2 Å². The lowest BCUT2D eigenvalue weighted by Crippen LogP contribution is -2.33. The molecule has 0 N–H and O–H groups in total. The maximum Gasteiger partial charge on any atom is 0.295 e. The van der Waals surface area contributed by atoms with Gasteiger partial charge in [0.2, 0.25) is 0 Å². The van der Waals surface area contributed by atoms with Gasteiger partial charge in [0.05, 0.1) is 12.8 Å². The molecule has 16 heavy (non-hydrogen) atoms. The number of aliphatic imine (C=N–C) groups is 1. The Morgan fingerprint density at radius 3 is 2.81 bits per heavy atom. The predicted octanol–water partition coefficient (Wildman–Crippen LogP) is 2.44. The van der Waals surface area contributed by atoms with Crippen molar-refractivity contribution in [2.24, 2.45) is 4.99 Å². The Labute approximate surface area is 92.4 Å². The lowest BCUT2D eigenvalue weighted by atomic mass is 10.1. The van der Waals surface area contributed by atoms with Crippen LogP contribution in [0.2, 0.25) is 0 Å². The molecule has 0 saturated carbocycles. The third kappa shape index (κ3) is 1.85. The SMILES string of the molecule is COc1ccc2c(c1)N=C(C(F)F)N(C)C2. The van der Waals surface area contributed by atoms with Crippen LogP contribution in [0.4, 0.5) is 14.5 Å². The summed E-state index contributed by atoms with van der Waals surface area (Å²) in [5, 5.41) is 0. The number of ether oxygens (including phenoxy) is 1. The second-order valence-electron chi connectivity index (χ2n) is 3.62. The summed E-state index contributed by atoms with van der Waals surface area (Å²) >= 11 is 0. The lowest BCUT2D eigenvalue weighted by molar-refractivity contribution is 0.204. The first-order chi connectivity index (χ1) is 7.61. The summed E-state index contributed by atoms with van der Waals surface area (Å²) in [5.41, 5.74) is 1.49. The van der Waals surface area contributed by atoms with Crippen LogP contribution >= 0.6 is 0 Å². The van der Waals surface area contributed by atoms with Crippen LogP contribution in [0.5, 0.6) is 5.75 Å². The molecule has 0 saturated heterocycles. The second kappa shape index (κ2) is 4.08. The van der Waals surface area contributed by atoms with Gasteiger partial charge in [0.15, 0.2) is 5.84 Å². The van der Waals surface area contributed by atoms with E-state index in [-0.39, 0.29) is 5.84 Å². The summed E-state index contributed by atoms with van der Waals surface area (Å²) < 4.78 is 30.3. The third-order valence-electron chi connectivity index (χ3n) is 2.52. The van der Waals surface area contributed by atoms with Crippen LogP contribution in [0.15, 0.2) is 23.2 Å². The Hall–Kier alpha value is -1.65. The van der Waals surface area contributed by atoms with E-state index in [0.29, 0.717) is 18.0 Å². The Morgan fingerprint density at radius 1 is 1.44 bits per heavy atom. The van der Waals surface area contributed by atoms with Gasteiger partial charge in [0.1, 0.15) is 5.75 Å². The zero-order valence-corrected chi connectivity index (χ0v) is 9.08. The minimum absolute atomic E-state index is 0.194. The van der Waals surface area contributed by atoms with Gasteiger partial charge in [-0.05, 0) is 11.6 Å². The first kappa shape index (κ1) is 10.9. The Kier molecular flexibility index (Phi) is 2.77. The van der Waals surface area contributed by atoms with Crippen molar-refractivity contribution in [3.05, 3.63) is 23.8 Å². The molecular formula is C11H12F2N2O. The van der Waals surface area contributed by atoms with E-state index < -0.39 is 6.43 Å². The first-order valence-electron chi connectivity index (χ1n) is 4.86. The molecule has 0 radical (unpaired) electrons. The summed E-state index contributed by atoms with van der Waals surface area (Å²) in [6.45, 7) is 0.447. The van der Waals surface area contributed by atoms with E-state index in [9.17, 15) is 8.78 Å². The smallest absolute Gasteiger partial charge is 0.295 e. The fourth-order valence-electron chi connectivity index (χ4n) is 1.67. The number of hydrogen-bond donors (Lipinski definition) is 0. The molecule has 1 aliphatic rings. The number of halogens is 2. The van der Waals surface area contributed by atoms with Gasteiger partial charge < -0.3 is 9.64 Å². The fraction of sp³-hybridized carbons (Fsp3) is 0.364. The number of methoxy groups -OCH3 is 1. The normalized spacial score (nSPS) is 14.8. The van der Waals surface area contributed by atoms with E-state index in [1.165, 1.54) is 12.0 Å². The molecule has 1 aliphatic heterocycles. The van der Waals surface area contributed by atoms with Gasteiger partial charge in [-0.1, -0.05) is 6.07 Å². The highest BCUT2D eigenvalue weighted by Gasteiger charge is 2.23. The summed E-state index contributed by atoms with van der Waals surface area (Å²) in [7, 11) is 3.15. The van der Waals surface area contributed by atoms with Crippen molar-refractivity contribution < 1.29 is 13.5 Å². The molecule has 1 aromatic rings. The van der Waals surface area contributed by atoms with Crippen LogP contribution in [-0.2, 0) is 6.54 Å². The van der Waals surface area contributed by atoms with Crippen molar-refractivity contribution in [3.8, 4) is 5.75 Å². The number of fused-ring (bicyclic) bond motifs is 1. The fourth-order valence-corrected chi connectivity index (χ4v) is 1.67. The predicted molar refractivity (Wildman–Crippen MR) is 57.6 cm³/mol. The number of hydrogen-bond acceptors (Lipinski definition) is 3. The molecule has 0 amide bonds. The van der Waals surface area contributed by atoms with Crippen LogP contribution in [0.1, 0.15) is 5.56 Å². The molecule has 0 aromatic heterocycles. The number of benzene rings is 1. The van der Waals surface area contributed by atoms with Crippen molar-refractivity contribution in [1.29, 1.82) is 0 Å². The van der Waals surface area contributed by atoms with Gasteiger partial charge in [-0.15, -0.1) is 0 Å². The molecule has 1 heterocycles. The third-order valence-corrected chi connectivity index (χ3v) is 2.52. The molecule has 5 heteroatoms. The van der Waals surface area contributed by atoms with Crippen molar-refractivity contribution in [1.82, 2.24) is 4.90 Å². The van der Waals surface area contributed by atoms with Crippen molar-refractivity contribution in [3.63, 3.8) is 0 Å². The van der Waals surface area contributed by atoms with E-state index in [1.807, 2.05) is 6.07 Å². The number of alkyl halides is 2. The summed E-state index contributed by atoms with van der Waals surface area (Å²) in [5.74, 6) is 0.432. The van der Waals surface area contributed by atoms with Crippen LogP contribution in [0.25, 0.3) is 0 Å². The topological polar surface area (TPSA) is 24.8 Å². The van der Waals surface area contributed by atoms with Crippen LogP contribution in [0, 0.1) is 0 Å². The average molecular weight is 226 g/mol. The monoisotopic (exact) mass is 226 g/mol. The highest BCUT2D eigenvalue weighted by atomic mass is 19.3. The molecular weight excluding hydrogens is 214 g/mol. The Morgan fingerprint density at radius 2 is 2.19 bits per heavy atom. The molecule has 0 unspecified atom stereocenters. The highest BCUT2D eigenvalue weighted by Crippen LogP contribution is 2.30. The van der Waals surface area contributed by atoms with Crippen molar-refractivity contribution in [2.75, 3.05) is 14.2 Å². The quantitative estimate of drug-likeness (QED) is 0.773. The maximum absolute atomic E-state index is 12.6. The zero-order valence-electron chi connectivity index (χ0n) is 9.08. The van der Waals surface area contributed by atoms with Crippen LogP contribution in [0.3, 0.4) is 0 Å². The molecule has 3 nitrogen and oxygen atoms in total. The molecule has 86 valence electrons.